The van der Waals surface area contributed by atoms with Gasteiger partial charge in [0.15, 0.2) is 5.16 Å². The highest BCUT2D eigenvalue weighted by molar-refractivity contribution is 7.99. The summed E-state index contributed by atoms with van der Waals surface area (Å²) in [6, 6.07) is 17.1. The van der Waals surface area contributed by atoms with E-state index in [1.54, 1.807) is 27.7 Å². The van der Waals surface area contributed by atoms with Crippen molar-refractivity contribution in [3.05, 3.63) is 80.4 Å². The fraction of sp³-hybridized carbons (Fsp3) is 0.250. The lowest BCUT2D eigenvalue weighted by Gasteiger charge is -2.14. The molecule has 2 aromatic carbocycles. The van der Waals surface area contributed by atoms with E-state index >= 15 is 0 Å². The highest BCUT2D eigenvalue weighted by atomic mass is 35.5. The van der Waals surface area contributed by atoms with Gasteiger partial charge >= 0.3 is 0 Å². The lowest BCUT2D eigenvalue weighted by molar-refractivity contribution is 0.344. The van der Waals surface area contributed by atoms with Crippen LogP contribution in [0.25, 0.3) is 15.9 Å². The van der Waals surface area contributed by atoms with Crippen molar-refractivity contribution in [1.82, 2.24) is 9.55 Å². The number of thiophene rings is 1. The Bertz CT molecular complexity index is 1270. The number of benzene rings is 2. The molecule has 0 saturated heterocycles. The summed E-state index contributed by atoms with van der Waals surface area (Å²) in [6.45, 7) is 0.510. The first-order valence-electron chi connectivity index (χ1n) is 10.3. The Morgan fingerprint density at radius 1 is 1.06 bits per heavy atom. The molecule has 0 unspecified atom stereocenters. The third kappa shape index (κ3) is 4.25. The van der Waals surface area contributed by atoms with Gasteiger partial charge in [-0.25, -0.2) is 4.98 Å². The Morgan fingerprint density at radius 2 is 1.84 bits per heavy atom. The van der Waals surface area contributed by atoms with Crippen LogP contribution >= 0.6 is 34.7 Å². The number of nitrogens with zero attached hydrogens (tertiary/aromatic N) is 2. The molecule has 0 fully saturated rings. The van der Waals surface area contributed by atoms with Gasteiger partial charge in [-0.3, -0.25) is 9.36 Å². The van der Waals surface area contributed by atoms with E-state index in [4.69, 9.17) is 21.3 Å². The van der Waals surface area contributed by atoms with Crippen molar-refractivity contribution in [2.75, 3.05) is 12.4 Å². The van der Waals surface area contributed by atoms with Crippen molar-refractivity contribution in [2.24, 2.45) is 0 Å². The first-order valence-corrected chi connectivity index (χ1v) is 12.5. The predicted molar refractivity (Wildman–Crippen MR) is 130 cm³/mol. The number of thioether (sulfide) groups is 1. The van der Waals surface area contributed by atoms with E-state index in [1.807, 2.05) is 54.6 Å². The smallest absolute Gasteiger partial charge is 0.267 e. The standard InChI is InChI=1S/C24H21ClN2O2S2/c25-16-10-12-18(13-11-16)29-14-15-30-24-26-22-21(19-8-4-5-9-20(19)31-22)23(28)27(24)17-6-2-1-3-7-17/h1-3,6-7,10-13H,4-5,8-9,14-15H2. The molecule has 4 nitrogen and oxygen atoms in total. The van der Waals surface area contributed by atoms with Crippen LogP contribution in [0.5, 0.6) is 5.75 Å². The van der Waals surface area contributed by atoms with Crippen molar-refractivity contribution in [3.63, 3.8) is 0 Å². The minimum atomic E-state index is 0.0386. The van der Waals surface area contributed by atoms with E-state index in [0.29, 0.717) is 22.5 Å². The van der Waals surface area contributed by atoms with Crippen LogP contribution in [0.15, 0.2) is 64.5 Å². The molecule has 4 aromatic rings. The fourth-order valence-electron chi connectivity index (χ4n) is 3.91. The topological polar surface area (TPSA) is 44.1 Å². The van der Waals surface area contributed by atoms with Crippen LogP contribution in [0.1, 0.15) is 23.3 Å². The summed E-state index contributed by atoms with van der Waals surface area (Å²) in [7, 11) is 0. The van der Waals surface area contributed by atoms with Gasteiger partial charge in [-0.15, -0.1) is 11.3 Å². The summed E-state index contributed by atoms with van der Waals surface area (Å²) < 4.78 is 7.58. The molecule has 1 aliphatic carbocycles. The molecule has 0 amide bonds. The molecule has 7 heteroatoms. The van der Waals surface area contributed by atoms with Crippen LogP contribution in [0, 0.1) is 0 Å². The highest BCUT2D eigenvalue weighted by Crippen LogP contribution is 2.35. The van der Waals surface area contributed by atoms with Crippen LogP contribution in [0.4, 0.5) is 0 Å². The van der Waals surface area contributed by atoms with E-state index in [2.05, 4.69) is 0 Å². The minimum absolute atomic E-state index is 0.0386. The molecule has 0 spiro atoms. The normalized spacial score (nSPS) is 13.3. The molecule has 2 aromatic heterocycles. The maximum absolute atomic E-state index is 13.6. The molecule has 158 valence electrons. The Morgan fingerprint density at radius 3 is 2.65 bits per heavy atom. The Balaban J connectivity index is 1.47. The molecule has 0 atom stereocenters. The van der Waals surface area contributed by atoms with Crippen LogP contribution in [-0.4, -0.2) is 21.9 Å². The van der Waals surface area contributed by atoms with E-state index in [0.717, 1.165) is 40.9 Å². The maximum atomic E-state index is 13.6. The van der Waals surface area contributed by atoms with Gasteiger partial charge in [0.25, 0.3) is 5.56 Å². The number of fused-ring (bicyclic) bond motifs is 3. The second kappa shape index (κ2) is 9.07. The van der Waals surface area contributed by atoms with Gasteiger partial charge < -0.3 is 4.74 Å². The van der Waals surface area contributed by atoms with E-state index < -0.39 is 0 Å². The van der Waals surface area contributed by atoms with Crippen LogP contribution in [-0.2, 0) is 12.8 Å². The first kappa shape index (κ1) is 20.6. The summed E-state index contributed by atoms with van der Waals surface area (Å²) >= 11 is 9.16. The van der Waals surface area contributed by atoms with Gasteiger partial charge in [0.1, 0.15) is 10.6 Å². The van der Waals surface area contributed by atoms with Gasteiger partial charge in [0.2, 0.25) is 0 Å². The number of hydrogen-bond donors (Lipinski definition) is 0. The average molecular weight is 469 g/mol. The Hall–Kier alpha value is -2.28. The number of rotatable bonds is 6. The molecule has 0 N–H and O–H groups in total. The molecule has 0 aliphatic heterocycles. The van der Waals surface area contributed by atoms with Crippen LogP contribution in [0.3, 0.4) is 0 Å². The molecule has 2 heterocycles. The first-order chi connectivity index (χ1) is 15.2. The third-order valence-corrected chi connectivity index (χ3v) is 7.71. The number of halogens is 1. The van der Waals surface area contributed by atoms with Gasteiger partial charge in [0.05, 0.1) is 17.7 Å². The zero-order chi connectivity index (χ0) is 21.2. The Kier molecular flexibility index (Phi) is 6.03. The van der Waals surface area contributed by atoms with Gasteiger partial charge in [-0.05, 0) is 67.6 Å². The molecule has 0 radical (unpaired) electrons. The SMILES string of the molecule is O=c1c2c3c(sc2nc(SCCOc2ccc(Cl)cc2)n1-c1ccccc1)CCCC3. The molecule has 5 rings (SSSR count). The fourth-order valence-corrected chi connectivity index (χ4v) is 6.17. The van der Waals surface area contributed by atoms with Gasteiger partial charge in [-0.1, -0.05) is 41.6 Å². The Labute approximate surface area is 193 Å². The lowest BCUT2D eigenvalue weighted by atomic mass is 9.97. The van der Waals surface area contributed by atoms with Crippen molar-refractivity contribution in [3.8, 4) is 11.4 Å². The molecular weight excluding hydrogens is 448 g/mol. The molecular formula is C24H21ClN2O2S2. The number of para-hydroxylation sites is 1. The van der Waals surface area contributed by atoms with Crippen molar-refractivity contribution in [2.45, 2.75) is 30.8 Å². The van der Waals surface area contributed by atoms with Crippen LogP contribution in [0.2, 0.25) is 5.02 Å². The zero-order valence-electron chi connectivity index (χ0n) is 16.8. The second-order valence-corrected chi connectivity index (χ2v) is 9.99. The average Bonchev–Trinajstić information content (AvgIpc) is 3.17. The summed E-state index contributed by atoms with van der Waals surface area (Å²) in [5.74, 6) is 1.46. The highest BCUT2D eigenvalue weighted by Gasteiger charge is 2.22. The molecule has 1 aliphatic rings. The number of aryl methyl sites for hydroxylation is 2. The predicted octanol–water partition coefficient (Wildman–Crippen LogP) is 6.15. The molecule has 0 saturated carbocycles. The maximum Gasteiger partial charge on any atom is 0.267 e. The second-order valence-electron chi connectivity index (χ2n) is 7.41. The number of aromatic nitrogens is 2. The molecule has 31 heavy (non-hydrogen) atoms. The van der Waals surface area contributed by atoms with Crippen molar-refractivity contribution < 1.29 is 4.74 Å². The van der Waals surface area contributed by atoms with Crippen molar-refractivity contribution >= 4 is 44.9 Å². The summed E-state index contributed by atoms with van der Waals surface area (Å²) in [4.78, 5) is 20.8. The summed E-state index contributed by atoms with van der Waals surface area (Å²) in [5, 5.41) is 2.21. The lowest BCUT2D eigenvalue weighted by Crippen LogP contribution is -2.22. The summed E-state index contributed by atoms with van der Waals surface area (Å²) in [5.41, 5.74) is 2.10. The van der Waals surface area contributed by atoms with Gasteiger partial charge in [0, 0.05) is 15.7 Å². The van der Waals surface area contributed by atoms with E-state index in [-0.39, 0.29) is 5.56 Å². The largest absolute Gasteiger partial charge is 0.493 e. The zero-order valence-corrected chi connectivity index (χ0v) is 19.2. The van der Waals surface area contributed by atoms with Gasteiger partial charge in [-0.2, -0.15) is 0 Å². The number of ether oxygens (including phenoxy) is 1. The number of hydrogen-bond acceptors (Lipinski definition) is 5. The minimum Gasteiger partial charge on any atom is -0.493 e. The van der Waals surface area contributed by atoms with E-state index in [1.165, 1.54) is 16.9 Å². The monoisotopic (exact) mass is 468 g/mol. The van der Waals surface area contributed by atoms with Crippen molar-refractivity contribution in [1.29, 1.82) is 0 Å². The summed E-state index contributed by atoms with van der Waals surface area (Å²) in [6.07, 6.45) is 4.36. The quantitative estimate of drug-likeness (QED) is 0.193. The molecule has 0 bridgehead atoms. The third-order valence-electron chi connectivity index (χ3n) is 5.37. The van der Waals surface area contributed by atoms with E-state index in [9.17, 15) is 4.79 Å². The van der Waals surface area contributed by atoms with Crippen LogP contribution < -0.4 is 10.3 Å².